The molecule has 2 saturated heterocycles. The first-order chi connectivity index (χ1) is 29.5. The number of pyridine rings is 1. The molecule has 3 N–H and O–H groups in total. The molecule has 2 aliphatic carbocycles. The van der Waals surface area contributed by atoms with Gasteiger partial charge < -0.3 is 20.0 Å². The van der Waals surface area contributed by atoms with E-state index in [1.165, 1.54) is 29.9 Å². The van der Waals surface area contributed by atoms with E-state index in [0.29, 0.717) is 47.7 Å². The Morgan fingerprint density at radius 3 is 2.59 bits per heavy atom. The van der Waals surface area contributed by atoms with Crippen molar-refractivity contribution in [3.63, 3.8) is 0 Å². The van der Waals surface area contributed by atoms with Gasteiger partial charge in [0.1, 0.15) is 18.1 Å². The highest BCUT2D eigenvalue weighted by atomic mass is 19.3. The van der Waals surface area contributed by atoms with Crippen LogP contribution < -0.4 is 21.6 Å². The van der Waals surface area contributed by atoms with E-state index in [1.54, 1.807) is 34.6 Å². The van der Waals surface area contributed by atoms with Crippen molar-refractivity contribution >= 4 is 40.3 Å². The molecule has 6 heterocycles. The quantitative estimate of drug-likeness (QED) is 0.113. The molecular formula is C43H51F2N11O5. The third-order valence-electron chi connectivity index (χ3n) is 13.0. The molecule has 4 fully saturated rings. The number of nitrogens with one attached hydrogen (secondary N) is 3. The molecule has 4 aromatic heterocycles. The summed E-state index contributed by atoms with van der Waals surface area (Å²) in [5.74, 6) is 0.680. The Bertz CT molecular complexity index is 2490. The first kappa shape index (κ1) is 40.6. The number of oxazole rings is 1. The van der Waals surface area contributed by atoms with Crippen molar-refractivity contribution in [2.45, 2.75) is 88.9 Å². The van der Waals surface area contributed by atoms with E-state index >= 15 is 0 Å². The maximum Gasteiger partial charge on any atom is 0.329 e. The normalized spacial score (nSPS) is 21.3. The van der Waals surface area contributed by atoms with Crippen LogP contribution in [-0.2, 0) is 23.2 Å². The molecule has 3 amide bonds. The average molecular weight is 840 g/mol. The second-order valence-electron chi connectivity index (χ2n) is 17.2. The smallest absolute Gasteiger partial charge is 0.329 e. The Kier molecular flexibility index (Phi) is 11.3. The number of benzene rings is 1. The number of amides is 3. The Labute approximate surface area is 350 Å². The molecule has 9 rings (SSSR count). The fourth-order valence-corrected chi connectivity index (χ4v) is 9.11. The van der Waals surface area contributed by atoms with Crippen LogP contribution in [-0.4, -0.2) is 95.7 Å². The average Bonchev–Trinajstić information content (AvgIpc) is 3.64. The number of halogens is 2. The monoisotopic (exact) mass is 839 g/mol. The number of para-hydroxylation sites is 1. The lowest BCUT2D eigenvalue weighted by Gasteiger charge is -2.44. The van der Waals surface area contributed by atoms with Crippen molar-refractivity contribution < 1.29 is 27.6 Å². The lowest BCUT2D eigenvalue weighted by Crippen LogP contribution is -2.58. The molecule has 2 aliphatic heterocycles. The number of rotatable bonds is 15. The van der Waals surface area contributed by atoms with Crippen LogP contribution >= 0.6 is 0 Å². The number of carbonyl (C=O) groups is 3. The summed E-state index contributed by atoms with van der Waals surface area (Å²) in [6, 6.07) is 8.98. The minimum atomic E-state index is -2.87. The number of imidazole rings is 1. The summed E-state index contributed by atoms with van der Waals surface area (Å²) >= 11 is 0. The second-order valence-corrected chi connectivity index (χ2v) is 17.2. The Morgan fingerprint density at radius 2 is 1.84 bits per heavy atom. The van der Waals surface area contributed by atoms with Crippen molar-refractivity contribution in [1.29, 1.82) is 0 Å². The van der Waals surface area contributed by atoms with Gasteiger partial charge in [0.25, 0.3) is 12.3 Å². The van der Waals surface area contributed by atoms with Gasteiger partial charge in [0.2, 0.25) is 17.7 Å². The molecule has 1 aromatic carbocycles. The molecule has 0 bridgehead atoms. The predicted molar refractivity (Wildman–Crippen MR) is 222 cm³/mol. The zero-order valence-electron chi connectivity index (χ0n) is 34.4. The summed E-state index contributed by atoms with van der Waals surface area (Å²) in [4.78, 5) is 64.3. The summed E-state index contributed by atoms with van der Waals surface area (Å²) < 4.78 is 38.7. The molecule has 61 heavy (non-hydrogen) atoms. The van der Waals surface area contributed by atoms with Gasteiger partial charge in [0.15, 0.2) is 11.4 Å². The Morgan fingerprint density at radius 1 is 1.05 bits per heavy atom. The van der Waals surface area contributed by atoms with E-state index in [9.17, 15) is 28.0 Å². The number of imide groups is 1. The molecule has 0 spiro atoms. The highest BCUT2D eigenvalue weighted by Crippen LogP contribution is 2.37. The maximum absolute atomic E-state index is 14.2. The van der Waals surface area contributed by atoms with Crippen LogP contribution in [0.3, 0.4) is 0 Å². The maximum atomic E-state index is 14.2. The number of nitrogens with zero attached hydrogens (tertiary/aromatic N) is 8. The van der Waals surface area contributed by atoms with Crippen LogP contribution in [0.25, 0.3) is 22.5 Å². The first-order valence-electron chi connectivity index (χ1n) is 21.3. The molecule has 16 nitrogen and oxygen atoms in total. The van der Waals surface area contributed by atoms with Crippen LogP contribution in [0.4, 0.5) is 20.3 Å². The first-order valence-corrected chi connectivity index (χ1v) is 21.3. The van der Waals surface area contributed by atoms with Gasteiger partial charge in [-0.2, -0.15) is 5.10 Å². The van der Waals surface area contributed by atoms with E-state index < -0.39 is 30.0 Å². The third-order valence-corrected chi connectivity index (χ3v) is 13.0. The fraction of sp³-hybridized carbons (Fsp3) is 0.512. The Balaban J connectivity index is 0.745. The lowest BCUT2D eigenvalue weighted by molar-refractivity contribution is -0.135. The summed E-state index contributed by atoms with van der Waals surface area (Å²) in [7, 11) is 3.89. The second kappa shape index (κ2) is 17.0. The van der Waals surface area contributed by atoms with Crippen LogP contribution in [0.5, 0.6) is 0 Å². The highest BCUT2D eigenvalue weighted by molar-refractivity contribution is 6.03. The van der Waals surface area contributed by atoms with E-state index in [-0.39, 0.29) is 41.3 Å². The molecule has 4 aliphatic rings. The number of hydrogen-bond donors (Lipinski definition) is 3. The van der Waals surface area contributed by atoms with Gasteiger partial charge in [0.05, 0.1) is 22.8 Å². The van der Waals surface area contributed by atoms with Gasteiger partial charge in [-0.15, -0.1) is 0 Å². The number of aryl methyl sites for hydroxylation is 1. The van der Waals surface area contributed by atoms with E-state index in [4.69, 9.17) is 4.42 Å². The zero-order valence-corrected chi connectivity index (χ0v) is 34.4. The van der Waals surface area contributed by atoms with Crippen LogP contribution in [0.1, 0.15) is 98.0 Å². The largest absolute Gasteiger partial charge is 0.444 e. The molecule has 1 unspecified atom stereocenters. The minimum absolute atomic E-state index is 0.0303. The number of likely N-dealkylation sites (N-methyl/N-ethyl adjacent to an activating group) is 1. The minimum Gasteiger partial charge on any atom is -0.444 e. The summed E-state index contributed by atoms with van der Waals surface area (Å²) in [6.07, 6.45) is 8.97. The molecular weight excluding hydrogens is 789 g/mol. The number of likely N-dealkylation sites (tertiary alicyclic amines) is 1. The number of alkyl halides is 2. The van der Waals surface area contributed by atoms with E-state index in [2.05, 4.69) is 47.9 Å². The topological polar surface area (TPSA) is 177 Å². The van der Waals surface area contributed by atoms with Crippen LogP contribution in [0.2, 0.25) is 0 Å². The Hall–Kier alpha value is -5.75. The van der Waals surface area contributed by atoms with Crippen molar-refractivity contribution in [1.82, 2.24) is 44.0 Å². The number of fused-ring (bicyclic) bond motifs is 1. The summed E-state index contributed by atoms with van der Waals surface area (Å²) in [5.41, 5.74) is 2.35. The van der Waals surface area contributed by atoms with Crippen LogP contribution in [0, 0.1) is 11.8 Å². The third kappa shape index (κ3) is 8.60. The predicted octanol–water partition coefficient (Wildman–Crippen LogP) is 5.51. The number of hydrogen-bond acceptors (Lipinski definition) is 11. The van der Waals surface area contributed by atoms with Crippen molar-refractivity contribution in [3.8, 4) is 11.5 Å². The summed E-state index contributed by atoms with van der Waals surface area (Å²) in [5, 5.41) is 12.5. The summed E-state index contributed by atoms with van der Waals surface area (Å²) in [6.45, 7) is 4.26. The molecule has 322 valence electrons. The molecule has 2 saturated carbocycles. The van der Waals surface area contributed by atoms with Crippen molar-refractivity contribution in [2.75, 3.05) is 43.9 Å². The molecule has 5 aromatic rings. The van der Waals surface area contributed by atoms with Gasteiger partial charge in [-0.3, -0.25) is 38.4 Å². The molecule has 18 heteroatoms. The van der Waals surface area contributed by atoms with Crippen LogP contribution in [0.15, 0.2) is 58.2 Å². The SMILES string of the molecule is CN(CCC1CCC(n2cc(NC(=O)c3coc(-c4ccnc(NCC5CC5)c4)n3)c(C(F)F)n2)CC1)C1CN(Cc2cccc3c2n(C)c(=O)n3C2CCC(=O)NC2=O)C1. The van der Waals surface area contributed by atoms with Crippen molar-refractivity contribution in [2.24, 2.45) is 18.9 Å². The van der Waals surface area contributed by atoms with E-state index in [1.807, 2.05) is 18.2 Å². The molecule has 1 atom stereocenters. The fourth-order valence-electron chi connectivity index (χ4n) is 9.11. The number of piperidine rings is 1. The van der Waals surface area contributed by atoms with Gasteiger partial charge >= 0.3 is 5.69 Å². The number of anilines is 2. The van der Waals surface area contributed by atoms with Gasteiger partial charge in [0, 0.05) is 63.6 Å². The lowest BCUT2D eigenvalue weighted by atomic mass is 9.84. The standard InChI is InChI=1S/C43H51F2N11O5/c1-52(30-21-54(22-30)20-28-4-3-5-33-38(28)53(2)43(60)56(33)34-12-13-36(57)50-41(34)59)17-15-25-8-10-29(11-9-25)55-23-31(37(51-55)39(44)45)48-40(58)32-24-61-42(49-32)27-14-16-46-35(18-27)47-19-26-6-7-26/h3-5,14,16,18,23-26,29-30,34,39H,6-13,15,17,19-22H2,1-2H3,(H,46,47)(H,48,58)(H,50,57,59). The number of aromatic nitrogens is 6. The van der Waals surface area contributed by atoms with E-state index in [0.717, 1.165) is 69.4 Å². The highest BCUT2D eigenvalue weighted by Gasteiger charge is 2.34. The van der Waals surface area contributed by atoms with Gasteiger partial charge in [-0.1, -0.05) is 12.1 Å². The number of carbonyl (C=O) groups excluding carboxylic acids is 3. The van der Waals surface area contributed by atoms with Crippen molar-refractivity contribution in [3.05, 3.63) is 76.4 Å². The van der Waals surface area contributed by atoms with Gasteiger partial charge in [-0.25, -0.2) is 23.5 Å². The molecule has 0 radical (unpaired) electrons. The zero-order chi connectivity index (χ0) is 42.4. The van der Waals surface area contributed by atoms with Gasteiger partial charge in [-0.05, 0) is 101 Å².